The largest absolute Gasteiger partial charge is 0.392 e. The molecule has 1 aliphatic heterocycles. The molecule has 1 saturated heterocycles. The second-order valence-electron chi connectivity index (χ2n) is 5.29. The van der Waals surface area contributed by atoms with Crippen molar-refractivity contribution in [3.05, 3.63) is 0 Å². The van der Waals surface area contributed by atoms with Gasteiger partial charge in [0.05, 0.1) is 16.3 Å². The second-order valence-corrected chi connectivity index (χ2v) is 5.73. The lowest BCUT2D eigenvalue weighted by Gasteiger charge is -2.31. The molecule has 0 bridgehead atoms. The van der Waals surface area contributed by atoms with Gasteiger partial charge in [0.2, 0.25) is 11.8 Å². The second kappa shape index (κ2) is 4.84. The predicted octanol–water partition coefficient (Wildman–Crippen LogP) is 0.167. The van der Waals surface area contributed by atoms with Crippen LogP contribution in [0.2, 0.25) is 0 Å². The summed E-state index contributed by atoms with van der Waals surface area (Å²) in [7, 11) is 0. The van der Waals surface area contributed by atoms with E-state index < -0.39 is 5.41 Å². The van der Waals surface area contributed by atoms with E-state index in [2.05, 4.69) is 0 Å². The summed E-state index contributed by atoms with van der Waals surface area (Å²) >= 11 is 5.10. The molecule has 0 spiro atoms. The van der Waals surface area contributed by atoms with Crippen LogP contribution in [-0.2, 0) is 9.59 Å². The molecule has 1 atom stereocenters. The Morgan fingerprint density at radius 2 is 1.83 bits per heavy atom. The van der Waals surface area contributed by atoms with Crippen molar-refractivity contribution in [3.8, 4) is 0 Å². The number of primary amides is 1. The number of nitrogens with two attached hydrogens (primary N) is 2. The summed E-state index contributed by atoms with van der Waals surface area (Å²) in [6, 6.07) is 0. The third-order valence-corrected chi connectivity index (χ3v) is 4.61. The number of carbonyl (C=O) groups is 2. The molecule has 4 N–H and O–H groups in total. The molecule has 5 nitrogen and oxygen atoms in total. The number of nitrogens with zero attached hydrogens (tertiary/aromatic N) is 1. The van der Waals surface area contributed by atoms with Gasteiger partial charge in [0.1, 0.15) is 0 Å². The summed E-state index contributed by atoms with van der Waals surface area (Å²) in [5.74, 6) is -0.559. The van der Waals surface area contributed by atoms with Crippen LogP contribution in [0.5, 0.6) is 0 Å². The van der Waals surface area contributed by atoms with E-state index in [4.69, 9.17) is 23.7 Å². The molecular weight excluding hydrogens is 250 g/mol. The van der Waals surface area contributed by atoms with Gasteiger partial charge in [-0.05, 0) is 19.3 Å². The number of hydrogen-bond acceptors (Lipinski definition) is 3. The van der Waals surface area contributed by atoms with Crippen molar-refractivity contribution in [2.24, 2.45) is 22.8 Å². The van der Waals surface area contributed by atoms with Gasteiger partial charge < -0.3 is 16.4 Å². The lowest BCUT2D eigenvalue weighted by atomic mass is 9.84. The number of hydrogen-bond donors (Lipinski definition) is 2. The van der Waals surface area contributed by atoms with Crippen molar-refractivity contribution in [1.82, 2.24) is 4.90 Å². The smallest absolute Gasteiger partial charge is 0.235 e. The first-order chi connectivity index (χ1) is 8.47. The van der Waals surface area contributed by atoms with Crippen molar-refractivity contribution < 1.29 is 9.59 Å². The zero-order chi connectivity index (χ0) is 13.3. The summed E-state index contributed by atoms with van der Waals surface area (Å²) in [5, 5.41) is 0. The van der Waals surface area contributed by atoms with E-state index in [0.717, 1.165) is 25.7 Å². The molecule has 0 aromatic carbocycles. The van der Waals surface area contributed by atoms with Gasteiger partial charge in [-0.3, -0.25) is 9.59 Å². The summed E-state index contributed by atoms with van der Waals surface area (Å²) < 4.78 is 0. The third kappa shape index (κ3) is 2.09. The summed E-state index contributed by atoms with van der Waals surface area (Å²) in [6.07, 6.45) is 4.08. The Hall–Kier alpha value is -1.17. The first-order valence-electron chi connectivity index (χ1n) is 6.36. The van der Waals surface area contributed by atoms with Crippen LogP contribution < -0.4 is 11.5 Å². The number of thiocarbonyl (C=S) groups is 1. The van der Waals surface area contributed by atoms with Gasteiger partial charge in [-0.1, -0.05) is 25.1 Å². The topological polar surface area (TPSA) is 89.4 Å². The molecule has 1 heterocycles. The van der Waals surface area contributed by atoms with Crippen molar-refractivity contribution in [2.45, 2.75) is 32.1 Å². The Kier molecular flexibility index (Phi) is 3.56. The van der Waals surface area contributed by atoms with Crippen LogP contribution in [-0.4, -0.2) is 34.8 Å². The van der Waals surface area contributed by atoms with Crippen molar-refractivity contribution >= 4 is 29.0 Å². The minimum Gasteiger partial charge on any atom is -0.392 e. The minimum atomic E-state index is -0.665. The lowest BCUT2D eigenvalue weighted by molar-refractivity contribution is -0.137. The highest BCUT2D eigenvalue weighted by Gasteiger charge is 2.47. The van der Waals surface area contributed by atoms with Crippen LogP contribution >= 0.6 is 12.2 Å². The maximum absolute atomic E-state index is 12.6. The molecule has 2 rings (SSSR count). The molecular formula is C12H19N3O2S. The highest BCUT2D eigenvalue weighted by molar-refractivity contribution is 7.80. The van der Waals surface area contributed by atoms with Crippen LogP contribution in [0.25, 0.3) is 0 Å². The number of carbonyl (C=O) groups excluding carboxylic acids is 2. The molecule has 6 heteroatoms. The maximum Gasteiger partial charge on any atom is 0.235 e. The van der Waals surface area contributed by atoms with Gasteiger partial charge in [0.25, 0.3) is 0 Å². The molecule has 0 radical (unpaired) electrons. The predicted molar refractivity (Wildman–Crippen MR) is 71.6 cm³/mol. The zero-order valence-electron chi connectivity index (χ0n) is 10.4. The standard InChI is InChI=1S/C12H19N3O2S/c13-9(16)8-3-6-15(7-8)11(17)12(10(14)18)4-1-2-5-12/h8H,1-7H2,(H2,13,16)(H2,14,18). The molecule has 100 valence electrons. The Labute approximate surface area is 112 Å². The molecule has 2 fully saturated rings. The van der Waals surface area contributed by atoms with Gasteiger partial charge in [0, 0.05) is 13.1 Å². The monoisotopic (exact) mass is 269 g/mol. The summed E-state index contributed by atoms with van der Waals surface area (Å²) in [4.78, 5) is 25.7. The Morgan fingerprint density at radius 1 is 1.22 bits per heavy atom. The van der Waals surface area contributed by atoms with Crippen LogP contribution in [0.4, 0.5) is 0 Å². The van der Waals surface area contributed by atoms with Crippen molar-refractivity contribution in [3.63, 3.8) is 0 Å². The van der Waals surface area contributed by atoms with Crippen LogP contribution in [0.15, 0.2) is 0 Å². The molecule has 1 aliphatic carbocycles. The Morgan fingerprint density at radius 3 is 2.28 bits per heavy atom. The Balaban J connectivity index is 2.11. The zero-order valence-corrected chi connectivity index (χ0v) is 11.2. The van der Waals surface area contributed by atoms with E-state index in [1.165, 1.54) is 0 Å². The third-order valence-electron chi connectivity index (χ3n) is 4.22. The summed E-state index contributed by atoms with van der Waals surface area (Å²) in [5.41, 5.74) is 10.4. The number of rotatable bonds is 3. The van der Waals surface area contributed by atoms with Gasteiger partial charge in [-0.2, -0.15) is 0 Å². The fraction of sp³-hybridized carbons (Fsp3) is 0.750. The molecule has 2 amide bonds. The van der Waals surface area contributed by atoms with Crippen molar-refractivity contribution in [1.29, 1.82) is 0 Å². The average molecular weight is 269 g/mol. The van der Waals surface area contributed by atoms with Gasteiger partial charge in [0.15, 0.2) is 0 Å². The van der Waals surface area contributed by atoms with Gasteiger partial charge >= 0.3 is 0 Å². The van der Waals surface area contributed by atoms with Gasteiger partial charge in [-0.15, -0.1) is 0 Å². The molecule has 1 saturated carbocycles. The van der Waals surface area contributed by atoms with Gasteiger partial charge in [-0.25, -0.2) is 0 Å². The molecule has 1 unspecified atom stereocenters. The highest BCUT2D eigenvalue weighted by atomic mass is 32.1. The molecule has 18 heavy (non-hydrogen) atoms. The average Bonchev–Trinajstić information content (AvgIpc) is 2.98. The summed E-state index contributed by atoms with van der Waals surface area (Å²) in [6.45, 7) is 0.995. The number of likely N-dealkylation sites (tertiary alicyclic amines) is 1. The van der Waals surface area contributed by atoms with Crippen LogP contribution in [0.3, 0.4) is 0 Å². The molecule has 0 aromatic rings. The van der Waals surface area contributed by atoms with Crippen molar-refractivity contribution in [2.75, 3.05) is 13.1 Å². The molecule has 0 aromatic heterocycles. The fourth-order valence-corrected chi connectivity index (χ4v) is 3.32. The van der Waals surface area contributed by atoms with E-state index >= 15 is 0 Å². The van der Waals surface area contributed by atoms with E-state index in [-0.39, 0.29) is 17.7 Å². The Bertz CT molecular complexity index is 391. The minimum absolute atomic E-state index is 0.00347. The molecule has 2 aliphatic rings. The van der Waals surface area contributed by atoms with E-state index in [9.17, 15) is 9.59 Å². The normalized spacial score (nSPS) is 26.2. The quantitative estimate of drug-likeness (QED) is 0.715. The lowest BCUT2D eigenvalue weighted by Crippen LogP contribution is -2.48. The fourth-order valence-electron chi connectivity index (χ4n) is 3.02. The van der Waals surface area contributed by atoms with Crippen LogP contribution in [0.1, 0.15) is 32.1 Å². The SMILES string of the molecule is NC(=O)C1CCN(C(=O)C2(C(N)=S)CCCC2)C1. The van der Waals surface area contributed by atoms with E-state index in [0.29, 0.717) is 24.5 Å². The maximum atomic E-state index is 12.6. The van der Waals surface area contributed by atoms with Crippen LogP contribution in [0, 0.1) is 11.3 Å². The van der Waals surface area contributed by atoms with E-state index in [1.807, 2.05) is 0 Å². The number of amides is 2. The van der Waals surface area contributed by atoms with E-state index in [1.54, 1.807) is 4.90 Å². The first-order valence-corrected chi connectivity index (χ1v) is 6.77. The highest BCUT2D eigenvalue weighted by Crippen LogP contribution is 2.41. The first kappa shape index (κ1) is 13.3.